The Morgan fingerprint density at radius 1 is 0.920 bits per heavy atom. The van der Waals surface area contributed by atoms with E-state index in [1.54, 1.807) is 17.7 Å². The van der Waals surface area contributed by atoms with Gasteiger partial charge >= 0.3 is 0 Å². The predicted octanol–water partition coefficient (Wildman–Crippen LogP) is 4.17. The minimum atomic E-state index is -0.0877. The van der Waals surface area contributed by atoms with Crippen LogP contribution in [-0.2, 0) is 13.5 Å². The fourth-order valence-electron chi connectivity index (χ4n) is 3.09. The molecule has 0 bridgehead atoms. The fraction of sp³-hybridized carbons (Fsp3) is 0.190. The molecule has 0 amide bonds. The zero-order valence-electron chi connectivity index (χ0n) is 14.1. The summed E-state index contributed by atoms with van der Waals surface area (Å²) in [6.07, 6.45) is 3.52. The molecular formula is C21H19NO3. The summed E-state index contributed by atoms with van der Waals surface area (Å²) in [5.74, 6) is 2.22. The van der Waals surface area contributed by atoms with Crippen molar-refractivity contribution in [2.24, 2.45) is 7.05 Å². The van der Waals surface area contributed by atoms with Crippen molar-refractivity contribution in [2.75, 3.05) is 6.61 Å². The van der Waals surface area contributed by atoms with E-state index in [9.17, 15) is 4.79 Å². The zero-order valence-corrected chi connectivity index (χ0v) is 14.1. The Morgan fingerprint density at radius 2 is 1.68 bits per heavy atom. The molecule has 25 heavy (non-hydrogen) atoms. The second-order valence-corrected chi connectivity index (χ2v) is 6.16. The number of rotatable bonds is 0. The highest BCUT2D eigenvalue weighted by molar-refractivity contribution is 5.75. The van der Waals surface area contributed by atoms with Crippen LogP contribution in [0, 0.1) is 0 Å². The van der Waals surface area contributed by atoms with Crippen molar-refractivity contribution in [3.05, 3.63) is 76.7 Å². The lowest BCUT2D eigenvalue weighted by atomic mass is 10.1. The van der Waals surface area contributed by atoms with Gasteiger partial charge in [0.05, 0.1) is 6.61 Å². The number of ether oxygens (including phenoxy) is 2. The SMILES string of the molecule is Cn1cc2c(cc1=O)OCCCc1ccccc1Oc1ccccc1-2. The maximum atomic E-state index is 12.1. The second-order valence-electron chi connectivity index (χ2n) is 6.16. The number of hydrogen-bond donors (Lipinski definition) is 0. The number of hydrogen-bond acceptors (Lipinski definition) is 3. The lowest BCUT2D eigenvalue weighted by Gasteiger charge is -2.15. The molecule has 0 N–H and O–H groups in total. The summed E-state index contributed by atoms with van der Waals surface area (Å²) in [5.41, 5.74) is 2.83. The molecule has 126 valence electrons. The number of aryl methyl sites for hydroxylation is 2. The van der Waals surface area contributed by atoms with E-state index in [1.165, 1.54) is 0 Å². The Balaban J connectivity index is 1.92. The minimum absolute atomic E-state index is 0.0877. The standard InChI is InChI=1S/C21H19NO3/c1-22-14-17-16-9-3-5-11-19(16)25-18-10-4-2-7-15(18)8-6-12-24-20(17)13-21(22)23/h2-5,7,9-11,13-14H,6,8,12H2,1H3. The van der Waals surface area contributed by atoms with Crippen LogP contribution in [0.2, 0.25) is 0 Å². The Kier molecular flexibility index (Phi) is 4.02. The topological polar surface area (TPSA) is 40.5 Å². The van der Waals surface area contributed by atoms with E-state index in [4.69, 9.17) is 9.47 Å². The van der Waals surface area contributed by atoms with Gasteiger partial charge in [-0.3, -0.25) is 4.79 Å². The van der Waals surface area contributed by atoms with E-state index in [2.05, 4.69) is 6.07 Å². The van der Waals surface area contributed by atoms with Crippen LogP contribution in [-0.4, -0.2) is 11.2 Å². The van der Waals surface area contributed by atoms with Crippen molar-refractivity contribution in [1.29, 1.82) is 0 Å². The highest BCUT2D eigenvalue weighted by atomic mass is 16.5. The zero-order chi connectivity index (χ0) is 17.2. The first-order valence-corrected chi connectivity index (χ1v) is 8.41. The van der Waals surface area contributed by atoms with Gasteiger partial charge in [0, 0.05) is 30.4 Å². The summed E-state index contributed by atoms with van der Waals surface area (Å²) in [7, 11) is 1.74. The van der Waals surface area contributed by atoms with E-state index in [0.717, 1.165) is 41.0 Å². The third-order valence-electron chi connectivity index (χ3n) is 4.41. The molecule has 0 fully saturated rings. The van der Waals surface area contributed by atoms with Crippen molar-refractivity contribution in [3.8, 4) is 28.4 Å². The summed E-state index contributed by atoms with van der Waals surface area (Å²) in [5, 5.41) is 0. The van der Waals surface area contributed by atoms with E-state index in [0.29, 0.717) is 12.4 Å². The summed E-state index contributed by atoms with van der Waals surface area (Å²) in [6.45, 7) is 0.552. The van der Waals surface area contributed by atoms with Crippen LogP contribution >= 0.6 is 0 Å². The Morgan fingerprint density at radius 3 is 2.56 bits per heavy atom. The average molecular weight is 333 g/mol. The average Bonchev–Trinajstić information content (AvgIpc) is 2.65. The molecule has 0 unspecified atom stereocenters. The van der Waals surface area contributed by atoms with Gasteiger partial charge in [-0.25, -0.2) is 0 Å². The smallest absolute Gasteiger partial charge is 0.254 e. The summed E-state index contributed by atoms with van der Waals surface area (Å²) < 4.78 is 13.8. The Hall–Kier alpha value is -3.01. The maximum Gasteiger partial charge on any atom is 0.254 e. The lowest BCUT2D eigenvalue weighted by Crippen LogP contribution is -2.16. The number of nitrogens with zero attached hydrogens (tertiary/aromatic N) is 1. The van der Waals surface area contributed by atoms with Gasteiger partial charge < -0.3 is 14.0 Å². The van der Waals surface area contributed by atoms with Crippen LogP contribution in [0.5, 0.6) is 17.2 Å². The molecule has 0 saturated carbocycles. The van der Waals surface area contributed by atoms with Gasteiger partial charge in [-0.05, 0) is 30.5 Å². The fourth-order valence-corrected chi connectivity index (χ4v) is 3.09. The van der Waals surface area contributed by atoms with Crippen molar-refractivity contribution in [1.82, 2.24) is 4.57 Å². The molecule has 2 aromatic carbocycles. The maximum absolute atomic E-state index is 12.1. The highest BCUT2D eigenvalue weighted by Gasteiger charge is 2.16. The monoisotopic (exact) mass is 333 g/mol. The summed E-state index contributed by atoms with van der Waals surface area (Å²) in [4.78, 5) is 12.1. The van der Waals surface area contributed by atoms with Gasteiger partial charge in [0.2, 0.25) is 0 Å². The van der Waals surface area contributed by atoms with E-state index < -0.39 is 0 Å². The largest absolute Gasteiger partial charge is 0.493 e. The van der Waals surface area contributed by atoms with E-state index in [1.807, 2.05) is 48.7 Å². The van der Waals surface area contributed by atoms with Gasteiger partial charge in [0.15, 0.2) is 0 Å². The third kappa shape index (κ3) is 3.03. The summed E-state index contributed by atoms with van der Waals surface area (Å²) >= 11 is 0. The van der Waals surface area contributed by atoms with Crippen LogP contribution < -0.4 is 15.0 Å². The molecule has 0 radical (unpaired) electrons. The quantitative estimate of drug-likeness (QED) is 0.620. The van der Waals surface area contributed by atoms with Crippen LogP contribution in [0.1, 0.15) is 12.0 Å². The van der Waals surface area contributed by atoms with Crippen molar-refractivity contribution in [3.63, 3.8) is 0 Å². The number of benzene rings is 2. The Bertz CT molecular complexity index is 975. The van der Waals surface area contributed by atoms with Crippen LogP contribution in [0.4, 0.5) is 0 Å². The number of pyridine rings is 1. The molecule has 1 aromatic heterocycles. The van der Waals surface area contributed by atoms with Crippen LogP contribution in [0.3, 0.4) is 0 Å². The van der Waals surface area contributed by atoms with E-state index in [-0.39, 0.29) is 5.56 Å². The van der Waals surface area contributed by atoms with Crippen molar-refractivity contribution in [2.45, 2.75) is 12.8 Å². The molecular weight excluding hydrogens is 314 g/mol. The molecule has 1 aliphatic rings. The molecule has 0 aliphatic carbocycles. The van der Waals surface area contributed by atoms with Crippen molar-refractivity contribution >= 4 is 0 Å². The highest BCUT2D eigenvalue weighted by Crippen LogP contribution is 2.39. The molecule has 4 heteroatoms. The molecule has 1 aliphatic heterocycles. The van der Waals surface area contributed by atoms with Gasteiger partial charge in [-0.15, -0.1) is 0 Å². The molecule has 0 atom stereocenters. The number of fused-ring (bicyclic) bond motifs is 4. The molecule has 0 saturated heterocycles. The Labute approximate surface area is 146 Å². The number of aromatic nitrogens is 1. The van der Waals surface area contributed by atoms with Crippen LogP contribution in [0.25, 0.3) is 11.1 Å². The molecule has 4 nitrogen and oxygen atoms in total. The van der Waals surface area contributed by atoms with E-state index >= 15 is 0 Å². The molecule has 2 heterocycles. The molecule has 3 aromatic rings. The molecule has 0 spiro atoms. The lowest BCUT2D eigenvalue weighted by molar-refractivity contribution is 0.311. The third-order valence-corrected chi connectivity index (χ3v) is 4.41. The first-order valence-electron chi connectivity index (χ1n) is 8.41. The number of para-hydroxylation sites is 2. The first kappa shape index (κ1) is 15.5. The predicted molar refractivity (Wildman–Crippen MR) is 97.5 cm³/mol. The first-order chi connectivity index (χ1) is 12.2. The normalized spacial score (nSPS) is 13.3. The van der Waals surface area contributed by atoms with Gasteiger partial charge in [0.1, 0.15) is 17.2 Å². The summed E-state index contributed by atoms with van der Waals surface area (Å²) in [6, 6.07) is 17.5. The van der Waals surface area contributed by atoms with Crippen LogP contribution in [0.15, 0.2) is 65.6 Å². The van der Waals surface area contributed by atoms with Gasteiger partial charge in [-0.1, -0.05) is 36.4 Å². The molecule has 4 rings (SSSR count). The second kappa shape index (κ2) is 6.48. The van der Waals surface area contributed by atoms with Gasteiger partial charge in [0.25, 0.3) is 5.56 Å². The van der Waals surface area contributed by atoms with Crippen molar-refractivity contribution < 1.29 is 9.47 Å². The van der Waals surface area contributed by atoms with Gasteiger partial charge in [-0.2, -0.15) is 0 Å². The minimum Gasteiger partial charge on any atom is -0.493 e.